The smallest absolute Gasteiger partial charge is 0.212 e. The van der Waals surface area contributed by atoms with Crippen LogP contribution in [0.2, 0.25) is 4.34 Å². The van der Waals surface area contributed by atoms with Crippen molar-refractivity contribution in [2.24, 2.45) is 0 Å². The topological polar surface area (TPSA) is 58.2 Å². The molecule has 19 heavy (non-hydrogen) atoms. The predicted octanol–water partition coefficient (Wildman–Crippen LogP) is 2.77. The summed E-state index contributed by atoms with van der Waals surface area (Å²) in [5.41, 5.74) is 0. The second kappa shape index (κ2) is 8.21. The normalized spacial score (nSPS) is 13.6. The Labute approximate surface area is 124 Å². The quantitative estimate of drug-likeness (QED) is 0.687. The van der Waals surface area contributed by atoms with E-state index in [4.69, 9.17) is 11.6 Å². The molecule has 110 valence electrons. The SMILES string of the molecule is CCCNCCCS(=O)(=O)NC(C)c1ccc(Cl)s1. The fourth-order valence-corrected chi connectivity index (χ4v) is 4.08. The van der Waals surface area contributed by atoms with Crippen LogP contribution in [0.4, 0.5) is 0 Å². The maximum absolute atomic E-state index is 11.9. The summed E-state index contributed by atoms with van der Waals surface area (Å²) in [4.78, 5) is 0.928. The number of sulfonamides is 1. The van der Waals surface area contributed by atoms with E-state index in [1.807, 2.05) is 13.0 Å². The lowest BCUT2D eigenvalue weighted by atomic mass is 10.3. The molecule has 1 rings (SSSR count). The zero-order chi connectivity index (χ0) is 14.3. The molecule has 1 unspecified atom stereocenters. The second-order valence-electron chi connectivity index (χ2n) is 4.40. The van der Waals surface area contributed by atoms with Gasteiger partial charge in [-0.3, -0.25) is 0 Å². The van der Waals surface area contributed by atoms with Gasteiger partial charge in [0.15, 0.2) is 0 Å². The van der Waals surface area contributed by atoms with Gasteiger partial charge >= 0.3 is 0 Å². The summed E-state index contributed by atoms with van der Waals surface area (Å²) in [6.45, 7) is 5.57. The zero-order valence-corrected chi connectivity index (χ0v) is 13.7. The van der Waals surface area contributed by atoms with Crippen molar-refractivity contribution in [3.63, 3.8) is 0 Å². The number of thiophene rings is 1. The highest BCUT2D eigenvalue weighted by atomic mass is 35.5. The van der Waals surface area contributed by atoms with E-state index in [-0.39, 0.29) is 11.8 Å². The minimum atomic E-state index is -3.23. The summed E-state index contributed by atoms with van der Waals surface area (Å²) in [5, 5.41) is 3.19. The molecule has 0 radical (unpaired) electrons. The van der Waals surface area contributed by atoms with E-state index in [2.05, 4.69) is 17.0 Å². The number of hydrogen-bond acceptors (Lipinski definition) is 4. The highest BCUT2D eigenvalue weighted by Gasteiger charge is 2.16. The number of rotatable bonds is 9. The first-order valence-electron chi connectivity index (χ1n) is 6.40. The van der Waals surface area contributed by atoms with Crippen LogP contribution in [0.1, 0.15) is 37.6 Å². The summed E-state index contributed by atoms with van der Waals surface area (Å²) in [7, 11) is -3.23. The fourth-order valence-electron chi connectivity index (χ4n) is 1.64. The molecule has 1 aromatic heterocycles. The third kappa shape index (κ3) is 6.72. The molecule has 0 aliphatic rings. The summed E-state index contributed by atoms with van der Waals surface area (Å²) in [5.74, 6) is 0.146. The van der Waals surface area contributed by atoms with Gasteiger partial charge in [-0.25, -0.2) is 13.1 Å². The molecule has 7 heteroatoms. The molecule has 0 amide bonds. The van der Waals surface area contributed by atoms with Gasteiger partial charge in [-0.1, -0.05) is 18.5 Å². The Morgan fingerprint density at radius 1 is 1.37 bits per heavy atom. The van der Waals surface area contributed by atoms with Crippen LogP contribution in [0.25, 0.3) is 0 Å². The first kappa shape index (κ1) is 16.9. The summed E-state index contributed by atoms with van der Waals surface area (Å²) < 4.78 is 27.1. The highest BCUT2D eigenvalue weighted by molar-refractivity contribution is 7.89. The zero-order valence-electron chi connectivity index (χ0n) is 11.3. The van der Waals surface area contributed by atoms with Crippen LogP contribution < -0.4 is 10.0 Å². The largest absolute Gasteiger partial charge is 0.317 e. The summed E-state index contributed by atoms with van der Waals surface area (Å²) >= 11 is 7.24. The lowest BCUT2D eigenvalue weighted by Gasteiger charge is -2.12. The van der Waals surface area contributed by atoms with Crippen LogP contribution in [0.5, 0.6) is 0 Å². The van der Waals surface area contributed by atoms with E-state index in [1.54, 1.807) is 6.07 Å². The standard InChI is InChI=1S/C12H21ClN2O2S2/c1-3-7-14-8-4-9-19(16,17)15-10(2)11-5-6-12(13)18-11/h5-6,10,14-15H,3-4,7-9H2,1-2H3. The van der Waals surface area contributed by atoms with Gasteiger partial charge in [-0.15, -0.1) is 11.3 Å². The van der Waals surface area contributed by atoms with Crippen molar-refractivity contribution < 1.29 is 8.42 Å². The van der Waals surface area contributed by atoms with Crippen molar-refractivity contribution in [3.05, 3.63) is 21.3 Å². The van der Waals surface area contributed by atoms with Gasteiger partial charge in [0.2, 0.25) is 10.0 Å². The molecule has 4 nitrogen and oxygen atoms in total. The minimum absolute atomic E-state index is 0.146. The van der Waals surface area contributed by atoms with Gasteiger partial charge in [-0.05, 0) is 45.0 Å². The maximum Gasteiger partial charge on any atom is 0.212 e. The number of hydrogen-bond donors (Lipinski definition) is 2. The molecule has 0 bridgehead atoms. The molecule has 0 fully saturated rings. The van der Waals surface area contributed by atoms with Gasteiger partial charge in [0, 0.05) is 4.88 Å². The Bertz CT molecular complexity index is 474. The third-order valence-corrected chi connectivity index (χ3v) is 5.52. The van der Waals surface area contributed by atoms with Crippen molar-refractivity contribution >= 4 is 33.0 Å². The lowest BCUT2D eigenvalue weighted by Crippen LogP contribution is -2.30. The third-order valence-electron chi connectivity index (χ3n) is 2.57. The van der Waals surface area contributed by atoms with E-state index in [0.29, 0.717) is 10.8 Å². The van der Waals surface area contributed by atoms with Crippen molar-refractivity contribution in [1.29, 1.82) is 0 Å². The molecule has 0 aliphatic carbocycles. The molecular weight excluding hydrogens is 304 g/mol. The van der Waals surface area contributed by atoms with Gasteiger partial charge in [0.05, 0.1) is 16.1 Å². The van der Waals surface area contributed by atoms with E-state index < -0.39 is 10.0 Å². The molecule has 0 spiro atoms. The monoisotopic (exact) mass is 324 g/mol. The summed E-state index contributed by atoms with van der Waals surface area (Å²) in [6.07, 6.45) is 1.68. The average molecular weight is 325 g/mol. The van der Waals surface area contributed by atoms with Crippen molar-refractivity contribution in [3.8, 4) is 0 Å². The Kier molecular flexibility index (Phi) is 7.31. The van der Waals surface area contributed by atoms with Crippen molar-refractivity contribution in [2.75, 3.05) is 18.8 Å². The van der Waals surface area contributed by atoms with E-state index in [9.17, 15) is 8.42 Å². The first-order chi connectivity index (χ1) is 8.94. The van der Waals surface area contributed by atoms with Gasteiger partial charge in [0.25, 0.3) is 0 Å². The predicted molar refractivity (Wildman–Crippen MR) is 82.4 cm³/mol. The molecule has 0 aromatic carbocycles. The molecule has 1 aromatic rings. The van der Waals surface area contributed by atoms with Crippen molar-refractivity contribution in [2.45, 2.75) is 32.7 Å². The van der Waals surface area contributed by atoms with Gasteiger partial charge < -0.3 is 5.32 Å². The van der Waals surface area contributed by atoms with E-state index in [1.165, 1.54) is 11.3 Å². The molecule has 1 atom stereocenters. The number of nitrogens with one attached hydrogen (secondary N) is 2. The van der Waals surface area contributed by atoms with Crippen LogP contribution in [-0.2, 0) is 10.0 Å². The Balaban J connectivity index is 2.37. The van der Waals surface area contributed by atoms with Crippen LogP contribution in [-0.4, -0.2) is 27.3 Å². The molecule has 0 aliphatic heterocycles. The Morgan fingerprint density at radius 2 is 2.11 bits per heavy atom. The minimum Gasteiger partial charge on any atom is -0.317 e. The molecule has 0 saturated heterocycles. The molecule has 0 saturated carbocycles. The highest BCUT2D eigenvalue weighted by Crippen LogP contribution is 2.26. The lowest BCUT2D eigenvalue weighted by molar-refractivity contribution is 0.562. The molecule has 1 heterocycles. The number of halogens is 1. The molecule has 2 N–H and O–H groups in total. The van der Waals surface area contributed by atoms with E-state index in [0.717, 1.165) is 24.4 Å². The fraction of sp³-hybridized carbons (Fsp3) is 0.667. The van der Waals surface area contributed by atoms with Crippen LogP contribution >= 0.6 is 22.9 Å². The van der Waals surface area contributed by atoms with Gasteiger partial charge in [-0.2, -0.15) is 0 Å². The van der Waals surface area contributed by atoms with Crippen LogP contribution in [0.3, 0.4) is 0 Å². The van der Waals surface area contributed by atoms with Gasteiger partial charge in [0.1, 0.15) is 0 Å². The van der Waals surface area contributed by atoms with Crippen molar-refractivity contribution in [1.82, 2.24) is 10.0 Å². The van der Waals surface area contributed by atoms with E-state index >= 15 is 0 Å². The Hall–Kier alpha value is -0.140. The second-order valence-corrected chi connectivity index (χ2v) is 8.02. The average Bonchev–Trinajstić information content (AvgIpc) is 2.75. The Morgan fingerprint density at radius 3 is 2.68 bits per heavy atom. The maximum atomic E-state index is 11.9. The molecular formula is C12H21ClN2O2S2. The van der Waals surface area contributed by atoms with Crippen LogP contribution in [0, 0.1) is 0 Å². The van der Waals surface area contributed by atoms with Crippen LogP contribution in [0.15, 0.2) is 12.1 Å². The first-order valence-corrected chi connectivity index (χ1v) is 9.25. The summed E-state index contributed by atoms with van der Waals surface area (Å²) in [6, 6.07) is 3.40.